The lowest BCUT2D eigenvalue weighted by Crippen LogP contribution is -2.20. The number of benzene rings is 2. The van der Waals surface area contributed by atoms with Crippen LogP contribution in [0.3, 0.4) is 0 Å². The average Bonchev–Trinajstić information content (AvgIpc) is 3.02. The number of rotatable bonds is 3. The topological polar surface area (TPSA) is 56.1 Å². The molecule has 1 amide bonds. The van der Waals surface area contributed by atoms with Gasteiger partial charge in [0.05, 0.1) is 11.9 Å². The van der Waals surface area contributed by atoms with E-state index >= 15 is 0 Å². The summed E-state index contributed by atoms with van der Waals surface area (Å²) < 4.78 is 46.3. The normalized spacial score (nSPS) is 11.4. The Balaban J connectivity index is 1.90. The van der Waals surface area contributed by atoms with Crippen LogP contribution in [0.2, 0.25) is 10.0 Å². The van der Waals surface area contributed by atoms with Gasteiger partial charge >= 0.3 is 12.3 Å². The number of carbonyl (C=O) groups is 1. The molecule has 0 aliphatic heterocycles. The second kappa shape index (κ2) is 7.73. The summed E-state index contributed by atoms with van der Waals surface area (Å²) in [6.45, 7) is 1.70. The van der Waals surface area contributed by atoms with Crippen molar-refractivity contribution in [1.82, 2.24) is 9.78 Å². The first kappa shape index (κ1) is 20.0. The Morgan fingerprint density at radius 2 is 1.75 bits per heavy atom. The molecule has 2 aromatic carbocycles. The third-order valence-electron chi connectivity index (χ3n) is 3.71. The number of nitrogens with zero attached hydrogens (tertiary/aromatic N) is 2. The average molecular weight is 430 g/mol. The van der Waals surface area contributed by atoms with Gasteiger partial charge in [-0.2, -0.15) is 18.3 Å². The van der Waals surface area contributed by atoms with Gasteiger partial charge in [-0.3, -0.25) is 5.32 Å². The number of aryl methyl sites for hydroxylation is 1. The number of anilines is 1. The molecule has 1 heterocycles. The van der Waals surface area contributed by atoms with E-state index in [0.717, 1.165) is 6.20 Å². The van der Waals surface area contributed by atoms with Crippen LogP contribution in [-0.2, 0) is 6.18 Å². The highest BCUT2D eigenvalue weighted by atomic mass is 35.5. The fraction of sp³-hybridized carbons (Fsp3) is 0.111. The second-order valence-electron chi connectivity index (χ2n) is 5.72. The molecule has 0 bridgehead atoms. The number of halogens is 5. The minimum atomic E-state index is -4.82. The summed E-state index contributed by atoms with van der Waals surface area (Å²) in [5, 5.41) is 6.78. The van der Waals surface area contributed by atoms with Crippen molar-refractivity contribution in [3.05, 3.63) is 70.0 Å². The van der Waals surface area contributed by atoms with Crippen LogP contribution in [0, 0.1) is 6.92 Å². The van der Waals surface area contributed by atoms with E-state index in [1.165, 1.54) is 30.3 Å². The zero-order valence-electron chi connectivity index (χ0n) is 14.2. The van der Waals surface area contributed by atoms with E-state index in [0.29, 0.717) is 26.0 Å². The van der Waals surface area contributed by atoms with Crippen LogP contribution >= 0.6 is 23.2 Å². The highest BCUT2D eigenvalue weighted by Crippen LogP contribution is 2.38. The van der Waals surface area contributed by atoms with Gasteiger partial charge in [-0.05, 0) is 48.9 Å². The fourth-order valence-electron chi connectivity index (χ4n) is 2.41. The molecule has 3 aromatic rings. The van der Waals surface area contributed by atoms with E-state index < -0.39 is 23.7 Å². The van der Waals surface area contributed by atoms with Crippen LogP contribution in [0.4, 0.5) is 23.7 Å². The van der Waals surface area contributed by atoms with Gasteiger partial charge < -0.3 is 4.74 Å². The minimum Gasteiger partial charge on any atom is -0.406 e. The van der Waals surface area contributed by atoms with E-state index in [9.17, 15) is 18.0 Å². The van der Waals surface area contributed by atoms with Crippen LogP contribution in [0.5, 0.6) is 5.75 Å². The molecule has 0 aliphatic rings. The summed E-state index contributed by atoms with van der Waals surface area (Å²) in [6.07, 6.45) is -5.11. The number of carbonyl (C=O) groups excluding carboxylic acids is 1. The highest BCUT2D eigenvalue weighted by Gasteiger charge is 2.40. The van der Waals surface area contributed by atoms with Crippen molar-refractivity contribution >= 4 is 35.0 Å². The van der Waals surface area contributed by atoms with Crippen molar-refractivity contribution < 1.29 is 22.7 Å². The third kappa shape index (κ3) is 4.40. The highest BCUT2D eigenvalue weighted by molar-refractivity contribution is 6.31. The molecule has 0 unspecified atom stereocenters. The molecule has 28 heavy (non-hydrogen) atoms. The van der Waals surface area contributed by atoms with Crippen LogP contribution in [0.1, 0.15) is 11.3 Å². The quantitative estimate of drug-likeness (QED) is 0.545. The molecular weight excluding hydrogens is 418 g/mol. The van der Waals surface area contributed by atoms with Gasteiger partial charge in [-0.15, -0.1) is 0 Å². The van der Waals surface area contributed by atoms with Gasteiger partial charge in [-0.25, -0.2) is 9.48 Å². The molecule has 1 aromatic heterocycles. The first-order valence-corrected chi connectivity index (χ1v) is 8.57. The SMILES string of the molecule is Cc1ccc(Cl)cc1NC(=O)Oc1cnn(-c2ccc(Cl)cc2)c1C(F)(F)F. The Morgan fingerprint density at radius 1 is 1.11 bits per heavy atom. The molecular formula is C18H12Cl2F3N3O2. The monoisotopic (exact) mass is 429 g/mol. The van der Waals surface area contributed by atoms with Crippen molar-refractivity contribution in [3.8, 4) is 11.4 Å². The van der Waals surface area contributed by atoms with E-state index in [4.69, 9.17) is 27.9 Å². The molecule has 3 rings (SSSR count). The Hall–Kier alpha value is -2.71. The third-order valence-corrected chi connectivity index (χ3v) is 4.20. The molecule has 0 saturated carbocycles. The standard InChI is InChI=1S/C18H12Cl2F3N3O2/c1-10-2-3-12(20)8-14(10)25-17(27)28-15-9-24-26(16(15)18(21,22)23)13-6-4-11(19)5-7-13/h2-9H,1H3,(H,25,27). The van der Waals surface area contributed by atoms with Crippen LogP contribution < -0.4 is 10.1 Å². The zero-order chi connectivity index (χ0) is 20.5. The number of amides is 1. The summed E-state index contributed by atoms with van der Waals surface area (Å²) in [7, 11) is 0. The maximum atomic E-state index is 13.6. The van der Waals surface area contributed by atoms with Gasteiger partial charge in [0.2, 0.25) is 0 Å². The number of ether oxygens (including phenoxy) is 1. The Kier molecular flexibility index (Phi) is 5.53. The summed E-state index contributed by atoms with van der Waals surface area (Å²) in [6, 6.07) is 10.3. The van der Waals surface area contributed by atoms with E-state index in [2.05, 4.69) is 10.4 Å². The molecule has 10 heteroatoms. The number of hydrogen-bond donors (Lipinski definition) is 1. The summed E-state index contributed by atoms with van der Waals surface area (Å²) in [5.74, 6) is -0.736. The zero-order valence-corrected chi connectivity index (χ0v) is 15.7. The molecule has 0 fully saturated rings. The molecule has 0 aliphatic carbocycles. The predicted octanol–water partition coefficient (Wildman–Crippen LogP) is 6.12. The van der Waals surface area contributed by atoms with Crippen LogP contribution in [-0.4, -0.2) is 15.9 Å². The Bertz CT molecular complexity index is 1020. The Morgan fingerprint density at radius 3 is 2.39 bits per heavy atom. The lowest BCUT2D eigenvalue weighted by molar-refractivity contribution is -0.143. The van der Waals surface area contributed by atoms with Crippen molar-refractivity contribution in [2.24, 2.45) is 0 Å². The molecule has 0 saturated heterocycles. The summed E-state index contributed by atoms with van der Waals surface area (Å²) >= 11 is 11.6. The number of nitrogens with one attached hydrogen (secondary N) is 1. The van der Waals surface area contributed by atoms with Gasteiger partial charge in [0.15, 0.2) is 11.4 Å². The maximum Gasteiger partial charge on any atom is 0.437 e. The fourth-order valence-corrected chi connectivity index (χ4v) is 2.71. The smallest absolute Gasteiger partial charge is 0.406 e. The van der Waals surface area contributed by atoms with Gasteiger partial charge in [-0.1, -0.05) is 29.3 Å². The molecule has 5 nitrogen and oxygen atoms in total. The van der Waals surface area contributed by atoms with Crippen molar-refractivity contribution in [2.45, 2.75) is 13.1 Å². The molecule has 0 atom stereocenters. The van der Waals surface area contributed by atoms with E-state index in [1.807, 2.05) is 0 Å². The van der Waals surface area contributed by atoms with Gasteiger partial charge in [0.1, 0.15) is 0 Å². The largest absolute Gasteiger partial charge is 0.437 e. The minimum absolute atomic E-state index is 0.109. The lowest BCUT2D eigenvalue weighted by Gasteiger charge is -2.13. The predicted molar refractivity (Wildman–Crippen MR) is 99.4 cm³/mol. The van der Waals surface area contributed by atoms with Crippen molar-refractivity contribution in [3.63, 3.8) is 0 Å². The molecule has 0 radical (unpaired) electrons. The molecule has 146 valence electrons. The van der Waals surface area contributed by atoms with Crippen molar-refractivity contribution in [2.75, 3.05) is 5.32 Å². The Labute approximate surface area is 167 Å². The first-order chi connectivity index (χ1) is 13.1. The summed E-state index contributed by atoms with van der Waals surface area (Å²) in [5.41, 5.74) is -0.143. The lowest BCUT2D eigenvalue weighted by atomic mass is 10.2. The number of aromatic nitrogens is 2. The first-order valence-electron chi connectivity index (χ1n) is 7.81. The number of hydrogen-bond acceptors (Lipinski definition) is 3. The summed E-state index contributed by atoms with van der Waals surface area (Å²) in [4.78, 5) is 12.1. The molecule has 1 N–H and O–H groups in total. The van der Waals surface area contributed by atoms with Crippen molar-refractivity contribution in [1.29, 1.82) is 0 Å². The van der Waals surface area contributed by atoms with Crippen LogP contribution in [0.25, 0.3) is 5.69 Å². The van der Waals surface area contributed by atoms with Gasteiger partial charge in [0.25, 0.3) is 0 Å². The van der Waals surface area contributed by atoms with E-state index in [-0.39, 0.29) is 5.69 Å². The van der Waals surface area contributed by atoms with Gasteiger partial charge in [0, 0.05) is 15.7 Å². The number of alkyl halides is 3. The second-order valence-corrected chi connectivity index (χ2v) is 6.59. The van der Waals surface area contributed by atoms with Crippen LogP contribution in [0.15, 0.2) is 48.7 Å². The molecule has 0 spiro atoms. The maximum absolute atomic E-state index is 13.6. The van der Waals surface area contributed by atoms with E-state index in [1.54, 1.807) is 19.1 Å².